The van der Waals surface area contributed by atoms with Crippen molar-refractivity contribution < 1.29 is 4.79 Å². The number of carbonyl (C=O) groups is 1. The smallest absolute Gasteiger partial charge is 0.272 e. The van der Waals surface area contributed by atoms with Gasteiger partial charge in [-0.3, -0.25) is 14.7 Å². The molecule has 0 bridgehead atoms. The molecule has 1 fully saturated rings. The summed E-state index contributed by atoms with van der Waals surface area (Å²) in [5.74, 6) is 0.780. The Labute approximate surface area is 181 Å². The lowest BCUT2D eigenvalue weighted by atomic mass is 10.2. The number of benzene rings is 1. The number of carbonyl (C=O) groups excluding carboxylic acids is 1. The maximum atomic E-state index is 13.0. The van der Waals surface area contributed by atoms with E-state index in [1.165, 1.54) is 0 Å². The monoisotopic (exact) mass is 411 g/mol. The third kappa shape index (κ3) is 4.07. The zero-order chi connectivity index (χ0) is 21.0. The van der Waals surface area contributed by atoms with Gasteiger partial charge in [0.1, 0.15) is 5.82 Å². The third-order valence-electron chi connectivity index (χ3n) is 5.84. The molecular formula is C25H25N5O. The van der Waals surface area contributed by atoms with Gasteiger partial charge in [-0.1, -0.05) is 42.5 Å². The van der Waals surface area contributed by atoms with Crippen molar-refractivity contribution in [3.05, 3.63) is 102 Å². The second kappa shape index (κ2) is 8.70. The lowest BCUT2D eigenvalue weighted by Crippen LogP contribution is -2.25. The van der Waals surface area contributed by atoms with Gasteiger partial charge in [-0.2, -0.15) is 0 Å². The first kappa shape index (κ1) is 19.5. The van der Waals surface area contributed by atoms with Crippen molar-refractivity contribution in [1.29, 1.82) is 0 Å². The van der Waals surface area contributed by atoms with Crippen LogP contribution in [-0.2, 0) is 13.1 Å². The standard InChI is InChI=1S/C25H25N5O/c31-25(27-17-19-9-2-1-3-10-19)23-21-12-5-7-16-30(21)24(28-23)22-13-8-15-29(22)18-20-11-4-6-14-26-20/h1-7,9-12,14,16,22H,8,13,15,17-18H2,(H,27,31)/t22-/m0/s1. The van der Waals surface area contributed by atoms with Crippen LogP contribution in [-0.4, -0.2) is 31.7 Å². The minimum absolute atomic E-state index is 0.145. The van der Waals surface area contributed by atoms with Gasteiger partial charge >= 0.3 is 0 Å². The van der Waals surface area contributed by atoms with Crippen LogP contribution in [0, 0.1) is 0 Å². The van der Waals surface area contributed by atoms with Crippen molar-refractivity contribution >= 4 is 11.4 Å². The van der Waals surface area contributed by atoms with E-state index in [4.69, 9.17) is 4.98 Å². The molecule has 0 aliphatic carbocycles. The zero-order valence-corrected chi connectivity index (χ0v) is 17.3. The number of aromatic nitrogens is 3. The van der Waals surface area contributed by atoms with Crippen LogP contribution < -0.4 is 5.32 Å². The first-order valence-corrected chi connectivity index (χ1v) is 10.7. The Bertz CT molecular complexity index is 1170. The number of pyridine rings is 2. The normalized spacial score (nSPS) is 16.6. The molecule has 1 N–H and O–H groups in total. The Kier molecular flexibility index (Phi) is 5.46. The molecule has 1 saturated heterocycles. The summed E-state index contributed by atoms with van der Waals surface area (Å²) in [5, 5.41) is 3.02. The number of nitrogens with one attached hydrogen (secondary N) is 1. The lowest BCUT2D eigenvalue weighted by molar-refractivity contribution is 0.0947. The van der Waals surface area contributed by atoms with Crippen molar-refractivity contribution in [3.8, 4) is 0 Å². The van der Waals surface area contributed by atoms with Crippen LogP contribution in [0.1, 0.15) is 46.5 Å². The fourth-order valence-corrected chi connectivity index (χ4v) is 4.33. The van der Waals surface area contributed by atoms with E-state index in [-0.39, 0.29) is 11.9 Å². The molecule has 3 aromatic heterocycles. The van der Waals surface area contributed by atoms with Crippen LogP contribution >= 0.6 is 0 Å². The highest BCUT2D eigenvalue weighted by Crippen LogP contribution is 2.33. The fraction of sp³-hybridized carbons (Fsp3) is 0.240. The number of fused-ring (bicyclic) bond motifs is 1. The average molecular weight is 412 g/mol. The molecule has 1 aliphatic rings. The number of hydrogen-bond donors (Lipinski definition) is 1. The molecule has 1 amide bonds. The molecule has 0 saturated carbocycles. The largest absolute Gasteiger partial charge is 0.347 e. The molecule has 156 valence electrons. The zero-order valence-electron chi connectivity index (χ0n) is 17.3. The molecule has 1 atom stereocenters. The van der Waals surface area contributed by atoms with Crippen LogP contribution in [0.3, 0.4) is 0 Å². The molecule has 0 radical (unpaired) electrons. The highest BCUT2D eigenvalue weighted by molar-refractivity contribution is 5.99. The van der Waals surface area contributed by atoms with Crippen molar-refractivity contribution in [3.63, 3.8) is 0 Å². The highest BCUT2D eigenvalue weighted by Gasteiger charge is 2.31. The van der Waals surface area contributed by atoms with Gasteiger partial charge in [0.15, 0.2) is 5.69 Å². The molecule has 4 aromatic rings. The van der Waals surface area contributed by atoms with Crippen LogP contribution in [0.5, 0.6) is 0 Å². The molecular weight excluding hydrogens is 386 g/mol. The molecule has 1 aromatic carbocycles. The first-order chi connectivity index (χ1) is 15.3. The predicted molar refractivity (Wildman–Crippen MR) is 119 cm³/mol. The van der Waals surface area contributed by atoms with Gasteiger partial charge in [0.2, 0.25) is 0 Å². The molecule has 0 unspecified atom stereocenters. The SMILES string of the molecule is O=C(NCc1ccccc1)c1nc([C@@H]2CCCN2Cc2ccccn2)n2ccccc12. The average Bonchev–Trinajstić information content (AvgIpc) is 3.43. The number of imidazole rings is 1. The Balaban J connectivity index is 1.42. The number of rotatable bonds is 6. The van der Waals surface area contributed by atoms with Crippen molar-refractivity contribution in [1.82, 2.24) is 24.6 Å². The van der Waals surface area contributed by atoms with Gasteiger partial charge in [-0.15, -0.1) is 0 Å². The van der Waals surface area contributed by atoms with E-state index in [0.29, 0.717) is 12.2 Å². The van der Waals surface area contributed by atoms with Gasteiger partial charge in [-0.25, -0.2) is 4.98 Å². The van der Waals surface area contributed by atoms with Crippen LogP contribution in [0.15, 0.2) is 79.1 Å². The van der Waals surface area contributed by atoms with E-state index in [1.807, 2.05) is 73.1 Å². The number of hydrogen-bond acceptors (Lipinski definition) is 4. The van der Waals surface area contributed by atoms with Gasteiger partial charge in [0.25, 0.3) is 5.91 Å². The number of amides is 1. The summed E-state index contributed by atoms with van der Waals surface area (Å²) in [7, 11) is 0. The van der Waals surface area contributed by atoms with Crippen LogP contribution in [0.2, 0.25) is 0 Å². The van der Waals surface area contributed by atoms with Gasteiger partial charge in [-0.05, 0) is 49.2 Å². The van der Waals surface area contributed by atoms with Gasteiger partial charge in [0.05, 0.1) is 17.3 Å². The summed E-state index contributed by atoms with van der Waals surface area (Å²) in [4.78, 5) is 24.8. The topological polar surface area (TPSA) is 62.5 Å². The van der Waals surface area contributed by atoms with E-state index >= 15 is 0 Å². The summed E-state index contributed by atoms with van der Waals surface area (Å²) >= 11 is 0. The Morgan fingerprint density at radius 2 is 1.87 bits per heavy atom. The van der Waals surface area contributed by atoms with Crippen molar-refractivity contribution in [2.24, 2.45) is 0 Å². The van der Waals surface area contributed by atoms with Gasteiger partial charge < -0.3 is 9.72 Å². The van der Waals surface area contributed by atoms with E-state index in [0.717, 1.165) is 48.5 Å². The summed E-state index contributed by atoms with van der Waals surface area (Å²) in [6, 6.07) is 22.0. The second-order valence-corrected chi connectivity index (χ2v) is 7.89. The minimum Gasteiger partial charge on any atom is -0.347 e. The lowest BCUT2D eigenvalue weighted by Gasteiger charge is -2.23. The molecule has 1 aliphatic heterocycles. The van der Waals surface area contributed by atoms with Crippen LogP contribution in [0.25, 0.3) is 5.52 Å². The van der Waals surface area contributed by atoms with E-state index in [1.54, 1.807) is 0 Å². The van der Waals surface area contributed by atoms with E-state index in [9.17, 15) is 4.79 Å². The molecule has 5 rings (SSSR count). The Morgan fingerprint density at radius 1 is 1.03 bits per heavy atom. The quantitative estimate of drug-likeness (QED) is 0.521. The molecule has 6 heteroatoms. The predicted octanol–water partition coefficient (Wildman–Crippen LogP) is 4.00. The first-order valence-electron chi connectivity index (χ1n) is 10.7. The Morgan fingerprint density at radius 3 is 2.71 bits per heavy atom. The minimum atomic E-state index is -0.145. The van der Waals surface area contributed by atoms with Crippen molar-refractivity contribution in [2.45, 2.75) is 32.0 Å². The van der Waals surface area contributed by atoms with Gasteiger partial charge in [0, 0.05) is 25.5 Å². The third-order valence-corrected chi connectivity index (χ3v) is 5.84. The maximum absolute atomic E-state index is 13.0. The molecule has 6 nitrogen and oxygen atoms in total. The molecule has 0 spiro atoms. The summed E-state index contributed by atoms with van der Waals surface area (Å²) in [6.45, 7) is 2.26. The van der Waals surface area contributed by atoms with Crippen molar-refractivity contribution in [2.75, 3.05) is 6.54 Å². The summed E-state index contributed by atoms with van der Waals surface area (Å²) < 4.78 is 2.07. The number of likely N-dealkylation sites (tertiary alicyclic amines) is 1. The number of nitrogens with zero attached hydrogens (tertiary/aromatic N) is 4. The second-order valence-electron chi connectivity index (χ2n) is 7.89. The van der Waals surface area contributed by atoms with E-state index in [2.05, 4.69) is 25.7 Å². The molecule has 4 heterocycles. The Hall–Kier alpha value is -3.51. The highest BCUT2D eigenvalue weighted by atomic mass is 16.1. The maximum Gasteiger partial charge on any atom is 0.272 e. The fourth-order valence-electron chi connectivity index (χ4n) is 4.33. The van der Waals surface area contributed by atoms with Crippen LogP contribution in [0.4, 0.5) is 0 Å². The molecule has 31 heavy (non-hydrogen) atoms. The van der Waals surface area contributed by atoms with E-state index < -0.39 is 0 Å². The summed E-state index contributed by atoms with van der Waals surface area (Å²) in [6.07, 6.45) is 5.96. The summed E-state index contributed by atoms with van der Waals surface area (Å²) in [5.41, 5.74) is 3.44.